The molecule has 1 aromatic carbocycles. The molecule has 0 aliphatic carbocycles. The molecule has 0 bridgehead atoms. The second-order valence-corrected chi connectivity index (χ2v) is 6.73. The van der Waals surface area contributed by atoms with Gasteiger partial charge in [-0.15, -0.1) is 0 Å². The molecule has 1 aliphatic rings. The summed E-state index contributed by atoms with van der Waals surface area (Å²) in [5, 5.41) is 9.81. The van der Waals surface area contributed by atoms with E-state index in [1.807, 2.05) is 31.2 Å². The Balaban J connectivity index is 1.72. The van der Waals surface area contributed by atoms with Crippen molar-refractivity contribution in [3.05, 3.63) is 70.1 Å². The Hall–Kier alpha value is -2.89. The monoisotopic (exact) mass is 354 g/mol. The lowest BCUT2D eigenvalue weighted by Crippen LogP contribution is -2.40. The lowest BCUT2D eigenvalue weighted by Gasteiger charge is -2.25. The van der Waals surface area contributed by atoms with Gasteiger partial charge in [-0.2, -0.15) is 0 Å². The molecule has 0 saturated carbocycles. The maximum absolute atomic E-state index is 12.6. The average molecular weight is 354 g/mol. The molecule has 26 heavy (non-hydrogen) atoms. The molecule has 1 aliphatic heterocycles. The fourth-order valence-corrected chi connectivity index (χ4v) is 3.59. The largest absolute Gasteiger partial charge is 0.481 e. The van der Waals surface area contributed by atoms with E-state index in [4.69, 9.17) is 0 Å². The minimum absolute atomic E-state index is 0.126. The third-order valence-corrected chi connectivity index (χ3v) is 5.18. The molecule has 6 nitrogen and oxygen atoms in total. The number of nitrogens with zero attached hydrogens (tertiary/aromatic N) is 2. The molecule has 6 heteroatoms. The standard InChI is InChI=1S/C20H22N2O4/c1-15-6-5-9-18(24)22(15)12-10-17(23)21-13-11-20(14-21,19(25)26)16-7-3-2-4-8-16/h2-9H,10-14H2,1H3,(H,25,26)/t20-/m1/s1. The molecule has 0 radical (unpaired) electrons. The Bertz CT molecular complexity index is 875. The molecule has 1 amide bonds. The van der Waals surface area contributed by atoms with Gasteiger partial charge >= 0.3 is 5.97 Å². The smallest absolute Gasteiger partial charge is 0.316 e. The van der Waals surface area contributed by atoms with Crippen molar-refractivity contribution in [3.63, 3.8) is 0 Å². The van der Waals surface area contributed by atoms with Crippen molar-refractivity contribution >= 4 is 11.9 Å². The highest BCUT2D eigenvalue weighted by Crippen LogP contribution is 2.35. The first kappa shape index (κ1) is 17.9. The topological polar surface area (TPSA) is 79.6 Å². The predicted molar refractivity (Wildman–Crippen MR) is 97.0 cm³/mol. The van der Waals surface area contributed by atoms with Gasteiger partial charge in [0.05, 0.1) is 0 Å². The summed E-state index contributed by atoms with van der Waals surface area (Å²) < 4.78 is 1.57. The van der Waals surface area contributed by atoms with E-state index >= 15 is 0 Å². The highest BCUT2D eigenvalue weighted by Gasteiger charge is 2.47. The minimum Gasteiger partial charge on any atom is -0.481 e. The zero-order valence-electron chi connectivity index (χ0n) is 14.7. The number of hydrogen-bond donors (Lipinski definition) is 1. The third-order valence-electron chi connectivity index (χ3n) is 5.18. The number of carboxylic acids is 1. The Kier molecular flexibility index (Phi) is 4.93. The van der Waals surface area contributed by atoms with Crippen LogP contribution >= 0.6 is 0 Å². The summed E-state index contributed by atoms with van der Waals surface area (Å²) >= 11 is 0. The molecule has 1 saturated heterocycles. The number of aliphatic carboxylic acids is 1. The molecule has 2 heterocycles. The number of amides is 1. The van der Waals surface area contributed by atoms with Crippen molar-refractivity contribution in [3.8, 4) is 0 Å². The quantitative estimate of drug-likeness (QED) is 0.888. The number of rotatable bonds is 5. The molecule has 136 valence electrons. The maximum Gasteiger partial charge on any atom is 0.316 e. The number of benzene rings is 1. The molecule has 0 unspecified atom stereocenters. The summed E-state index contributed by atoms with van der Waals surface area (Å²) in [4.78, 5) is 38.1. The van der Waals surface area contributed by atoms with E-state index in [9.17, 15) is 19.5 Å². The van der Waals surface area contributed by atoms with Crippen molar-refractivity contribution < 1.29 is 14.7 Å². The highest BCUT2D eigenvalue weighted by atomic mass is 16.4. The van der Waals surface area contributed by atoms with Gasteiger partial charge in [0, 0.05) is 37.8 Å². The van der Waals surface area contributed by atoms with E-state index < -0.39 is 11.4 Å². The second kappa shape index (κ2) is 7.15. The number of aromatic nitrogens is 1. The van der Waals surface area contributed by atoms with Crippen LogP contribution in [0, 0.1) is 6.92 Å². The van der Waals surface area contributed by atoms with E-state index in [1.165, 1.54) is 6.07 Å². The molecule has 2 aromatic rings. The second-order valence-electron chi connectivity index (χ2n) is 6.73. The van der Waals surface area contributed by atoms with Crippen LogP contribution in [0.5, 0.6) is 0 Å². The fraction of sp³-hybridized carbons (Fsp3) is 0.350. The summed E-state index contributed by atoms with van der Waals surface area (Å²) in [6.45, 7) is 2.69. The summed E-state index contributed by atoms with van der Waals surface area (Å²) in [5.41, 5.74) is 0.327. The normalized spacial score (nSPS) is 19.5. The SMILES string of the molecule is Cc1cccc(=O)n1CCC(=O)N1CC[C@](C(=O)O)(c2ccccc2)C1. The van der Waals surface area contributed by atoms with E-state index in [2.05, 4.69) is 0 Å². The highest BCUT2D eigenvalue weighted by molar-refractivity contribution is 5.85. The van der Waals surface area contributed by atoms with Gasteiger partial charge in [-0.3, -0.25) is 14.4 Å². The Labute approximate surface area is 151 Å². The lowest BCUT2D eigenvalue weighted by atomic mass is 9.80. The minimum atomic E-state index is -1.06. The summed E-state index contributed by atoms with van der Waals surface area (Å²) in [6.07, 6.45) is 0.567. The Morgan fingerprint density at radius 3 is 2.50 bits per heavy atom. The zero-order valence-corrected chi connectivity index (χ0v) is 14.7. The van der Waals surface area contributed by atoms with Crippen molar-refractivity contribution in [1.29, 1.82) is 0 Å². The first-order chi connectivity index (χ1) is 12.4. The van der Waals surface area contributed by atoms with Gasteiger partial charge in [0.25, 0.3) is 5.56 Å². The number of hydrogen-bond acceptors (Lipinski definition) is 3. The van der Waals surface area contributed by atoms with Gasteiger partial charge in [-0.05, 0) is 25.0 Å². The van der Waals surface area contributed by atoms with Crippen LogP contribution in [-0.2, 0) is 21.5 Å². The number of aryl methyl sites for hydroxylation is 1. The summed E-state index contributed by atoms with van der Waals surface area (Å²) in [5.74, 6) is -1.03. The predicted octanol–water partition coefficient (Wildman–Crippen LogP) is 1.80. The molecular formula is C20H22N2O4. The van der Waals surface area contributed by atoms with Crippen molar-refractivity contribution in [2.24, 2.45) is 0 Å². The van der Waals surface area contributed by atoms with Gasteiger partial charge in [0.15, 0.2) is 0 Å². The number of likely N-dealkylation sites (tertiary alicyclic amines) is 1. The van der Waals surface area contributed by atoms with Crippen LogP contribution in [0.25, 0.3) is 0 Å². The van der Waals surface area contributed by atoms with Crippen LogP contribution in [-0.4, -0.2) is 39.5 Å². The fourth-order valence-electron chi connectivity index (χ4n) is 3.59. The molecular weight excluding hydrogens is 332 g/mol. The van der Waals surface area contributed by atoms with Crippen LogP contribution in [0.1, 0.15) is 24.1 Å². The van der Waals surface area contributed by atoms with Crippen LogP contribution in [0.4, 0.5) is 0 Å². The van der Waals surface area contributed by atoms with E-state index in [0.717, 1.165) is 11.3 Å². The van der Waals surface area contributed by atoms with Gasteiger partial charge < -0.3 is 14.6 Å². The van der Waals surface area contributed by atoms with Crippen molar-refractivity contribution in [2.45, 2.75) is 31.7 Å². The van der Waals surface area contributed by atoms with E-state index in [1.54, 1.807) is 27.7 Å². The van der Waals surface area contributed by atoms with Gasteiger partial charge in [0.1, 0.15) is 5.41 Å². The third kappa shape index (κ3) is 3.27. The van der Waals surface area contributed by atoms with Crippen LogP contribution in [0.3, 0.4) is 0 Å². The van der Waals surface area contributed by atoms with Gasteiger partial charge in [0.2, 0.25) is 5.91 Å². The average Bonchev–Trinajstić information content (AvgIpc) is 3.09. The molecule has 1 fully saturated rings. The van der Waals surface area contributed by atoms with Gasteiger partial charge in [-0.1, -0.05) is 36.4 Å². The van der Waals surface area contributed by atoms with E-state index in [0.29, 0.717) is 19.5 Å². The van der Waals surface area contributed by atoms with Crippen LogP contribution < -0.4 is 5.56 Å². The van der Waals surface area contributed by atoms with Crippen LogP contribution in [0.2, 0.25) is 0 Å². The Morgan fingerprint density at radius 1 is 1.12 bits per heavy atom. The molecule has 1 N–H and O–H groups in total. The lowest BCUT2D eigenvalue weighted by molar-refractivity contribution is -0.143. The summed E-state index contributed by atoms with van der Waals surface area (Å²) in [6, 6.07) is 14.1. The zero-order chi connectivity index (χ0) is 18.7. The molecule has 1 aromatic heterocycles. The Morgan fingerprint density at radius 2 is 1.85 bits per heavy atom. The first-order valence-electron chi connectivity index (χ1n) is 8.67. The van der Waals surface area contributed by atoms with Gasteiger partial charge in [-0.25, -0.2) is 0 Å². The first-order valence-corrected chi connectivity index (χ1v) is 8.67. The number of pyridine rings is 1. The maximum atomic E-state index is 12.6. The molecule has 3 rings (SSSR count). The van der Waals surface area contributed by atoms with Crippen molar-refractivity contribution in [2.75, 3.05) is 13.1 Å². The number of carboxylic acid groups (broad SMARTS) is 1. The van der Waals surface area contributed by atoms with E-state index in [-0.39, 0.29) is 24.4 Å². The number of carbonyl (C=O) groups excluding carboxylic acids is 1. The molecule has 0 spiro atoms. The number of carbonyl (C=O) groups is 2. The summed E-state index contributed by atoms with van der Waals surface area (Å²) in [7, 11) is 0. The molecule has 1 atom stereocenters. The van der Waals surface area contributed by atoms with Crippen molar-refractivity contribution in [1.82, 2.24) is 9.47 Å². The van der Waals surface area contributed by atoms with Crippen LogP contribution in [0.15, 0.2) is 53.3 Å².